The SMILES string of the molecule is CCC(CC)/C(=C/NC)C(C)C. The molecule has 0 aromatic carbocycles. The zero-order chi connectivity index (χ0) is 9.56. The molecule has 0 amide bonds. The first kappa shape index (κ1) is 11.5. The molecule has 0 saturated heterocycles. The van der Waals surface area contributed by atoms with Crippen molar-refractivity contribution in [2.45, 2.75) is 40.5 Å². The summed E-state index contributed by atoms with van der Waals surface area (Å²) in [5.41, 5.74) is 1.56. The Morgan fingerprint density at radius 2 is 1.75 bits per heavy atom. The molecule has 12 heavy (non-hydrogen) atoms. The molecule has 0 fully saturated rings. The van der Waals surface area contributed by atoms with Crippen molar-refractivity contribution in [1.29, 1.82) is 0 Å². The van der Waals surface area contributed by atoms with Crippen LogP contribution in [-0.4, -0.2) is 7.05 Å². The van der Waals surface area contributed by atoms with Gasteiger partial charge >= 0.3 is 0 Å². The largest absolute Gasteiger partial charge is 0.394 e. The van der Waals surface area contributed by atoms with Gasteiger partial charge in [0.25, 0.3) is 0 Å². The Bertz CT molecular complexity index is 132. The summed E-state index contributed by atoms with van der Waals surface area (Å²) in [7, 11) is 1.98. The molecule has 72 valence electrons. The molecule has 0 unspecified atom stereocenters. The monoisotopic (exact) mass is 169 g/mol. The molecule has 0 aromatic rings. The van der Waals surface area contributed by atoms with Crippen LogP contribution in [0.3, 0.4) is 0 Å². The van der Waals surface area contributed by atoms with Crippen molar-refractivity contribution >= 4 is 0 Å². The highest BCUT2D eigenvalue weighted by Crippen LogP contribution is 2.24. The van der Waals surface area contributed by atoms with Gasteiger partial charge in [-0.05, 0) is 36.5 Å². The third kappa shape index (κ3) is 3.29. The zero-order valence-electron chi connectivity index (χ0n) is 9.15. The fourth-order valence-corrected chi connectivity index (χ4v) is 1.68. The molecule has 0 radical (unpaired) electrons. The smallest absolute Gasteiger partial charge is 0.00276 e. The minimum Gasteiger partial charge on any atom is -0.394 e. The third-order valence-corrected chi connectivity index (χ3v) is 2.43. The molecule has 1 nitrogen and oxygen atoms in total. The normalized spacial score (nSPS) is 12.8. The van der Waals surface area contributed by atoms with Gasteiger partial charge in [-0.15, -0.1) is 0 Å². The predicted molar refractivity (Wildman–Crippen MR) is 56.1 cm³/mol. The molecule has 0 saturated carbocycles. The summed E-state index contributed by atoms with van der Waals surface area (Å²) in [6, 6.07) is 0. The van der Waals surface area contributed by atoms with Crippen LogP contribution in [-0.2, 0) is 0 Å². The van der Waals surface area contributed by atoms with Crippen molar-refractivity contribution in [2.24, 2.45) is 11.8 Å². The van der Waals surface area contributed by atoms with Crippen LogP contribution in [0.5, 0.6) is 0 Å². The zero-order valence-corrected chi connectivity index (χ0v) is 9.15. The molecule has 1 heteroatoms. The van der Waals surface area contributed by atoms with Gasteiger partial charge in [0.05, 0.1) is 0 Å². The summed E-state index contributed by atoms with van der Waals surface area (Å²) >= 11 is 0. The number of hydrogen-bond donors (Lipinski definition) is 1. The molecule has 0 atom stereocenters. The highest BCUT2D eigenvalue weighted by Gasteiger charge is 2.12. The molecular weight excluding hydrogens is 146 g/mol. The van der Waals surface area contributed by atoms with Crippen molar-refractivity contribution in [1.82, 2.24) is 5.32 Å². The third-order valence-electron chi connectivity index (χ3n) is 2.43. The van der Waals surface area contributed by atoms with Gasteiger partial charge in [0.2, 0.25) is 0 Å². The Morgan fingerprint density at radius 3 is 2.00 bits per heavy atom. The van der Waals surface area contributed by atoms with Crippen molar-refractivity contribution < 1.29 is 0 Å². The fourth-order valence-electron chi connectivity index (χ4n) is 1.68. The van der Waals surface area contributed by atoms with E-state index in [9.17, 15) is 0 Å². The Labute approximate surface area is 77.2 Å². The maximum atomic E-state index is 3.14. The molecule has 0 spiro atoms. The molecular formula is C11H23N. The van der Waals surface area contributed by atoms with Crippen LogP contribution >= 0.6 is 0 Å². The van der Waals surface area contributed by atoms with Gasteiger partial charge in [-0.1, -0.05) is 27.7 Å². The van der Waals surface area contributed by atoms with Gasteiger partial charge in [-0.25, -0.2) is 0 Å². The van der Waals surface area contributed by atoms with Crippen LogP contribution in [0.2, 0.25) is 0 Å². The molecule has 0 aliphatic heterocycles. The average molecular weight is 169 g/mol. The van der Waals surface area contributed by atoms with E-state index in [0.29, 0.717) is 5.92 Å². The maximum Gasteiger partial charge on any atom is 0.00276 e. The van der Waals surface area contributed by atoms with Gasteiger partial charge in [0.1, 0.15) is 0 Å². The van der Waals surface area contributed by atoms with Crippen molar-refractivity contribution in [3.63, 3.8) is 0 Å². The molecule has 0 aliphatic carbocycles. The van der Waals surface area contributed by atoms with Crippen LogP contribution in [0, 0.1) is 11.8 Å². The lowest BCUT2D eigenvalue weighted by Gasteiger charge is -2.20. The molecule has 0 rings (SSSR count). The topological polar surface area (TPSA) is 12.0 Å². The summed E-state index contributed by atoms with van der Waals surface area (Å²) in [4.78, 5) is 0. The van der Waals surface area contributed by atoms with Crippen LogP contribution in [0.15, 0.2) is 11.8 Å². The maximum absolute atomic E-state index is 3.14. The fraction of sp³-hybridized carbons (Fsp3) is 0.818. The van der Waals surface area contributed by atoms with Crippen LogP contribution < -0.4 is 5.32 Å². The van der Waals surface area contributed by atoms with Crippen LogP contribution in [0.1, 0.15) is 40.5 Å². The lowest BCUT2D eigenvalue weighted by atomic mass is 9.87. The molecule has 1 N–H and O–H groups in total. The molecule has 0 bridgehead atoms. The quantitative estimate of drug-likeness (QED) is 0.666. The minimum atomic E-state index is 0.669. The standard InChI is InChI=1S/C11H23N/c1-6-10(7-2)11(8-12-5)9(3)4/h8-10,12H,6-7H2,1-5H3/b11-8+. The van der Waals surface area contributed by atoms with Gasteiger partial charge < -0.3 is 5.32 Å². The summed E-state index contributed by atoms with van der Waals surface area (Å²) in [5.74, 6) is 1.43. The highest BCUT2D eigenvalue weighted by atomic mass is 14.8. The first-order valence-electron chi connectivity index (χ1n) is 5.04. The van der Waals surface area contributed by atoms with Gasteiger partial charge in [0.15, 0.2) is 0 Å². The van der Waals surface area contributed by atoms with Crippen LogP contribution in [0.25, 0.3) is 0 Å². The van der Waals surface area contributed by atoms with Gasteiger partial charge in [-0.2, -0.15) is 0 Å². The Balaban J connectivity index is 4.37. The van der Waals surface area contributed by atoms with Crippen molar-refractivity contribution in [3.8, 4) is 0 Å². The predicted octanol–water partition coefficient (Wildman–Crippen LogP) is 3.18. The van der Waals surface area contributed by atoms with E-state index in [1.54, 1.807) is 5.57 Å². The van der Waals surface area contributed by atoms with E-state index >= 15 is 0 Å². The van der Waals surface area contributed by atoms with Gasteiger partial charge in [0, 0.05) is 7.05 Å². The van der Waals surface area contributed by atoms with E-state index in [4.69, 9.17) is 0 Å². The number of rotatable bonds is 5. The Hall–Kier alpha value is -0.460. The van der Waals surface area contributed by atoms with E-state index in [1.807, 2.05) is 7.05 Å². The summed E-state index contributed by atoms with van der Waals surface area (Å²) in [6.45, 7) is 9.06. The van der Waals surface area contributed by atoms with E-state index in [0.717, 1.165) is 5.92 Å². The lowest BCUT2D eigenvalue weighted by Crippen LogP contribution is -2.11. The molecule has 0 heterocycles. The number of allylic oxidation sites excluding steroid dienone is 1. The second kappa shape index (κ2) is 6.10. The van der Waals surface area contributed by atoms with E-state index in [-0.39, 0.29) is 0 Å². The summed E-state index contributed by atoms with van der Waals surface area (Å²) in [5, 5.41) is 3.14. The molecule has 0 aliphatic rings. The first-order chi connectivity index (χ1) is 5.67. The Morgan fingerprint density at radius 1 is 1.25 bits per heavy atom. The van der Waals surface area contributed by atoms with E-state index < -0.39 is 0 Å². The number of nitrogens with one attached hydrogen (secondary N) is 1. The second-order valence-corrected chi connectivity index (χ2v) is 3.60. The lowest BCUT2D eigenvalue weighted by molar-refractivity contribution is 0.508. The van der Waals surface area contributed by atoms with Gasteiger partial charge in [-0.3, -0.25) is 0 Å². The van der Waals surface area contributed by atoms with Crippen LogP contribution in [0.4, 0.5) is 0 Å². The molecule has 0 aromatic heterocycles. The summed E-state index contributed by atoms with van der Waals surface area (Å²) in [6.07, 6.45) is 4.67. The summed E-state index contributed by atoms with van der Waals surface area (Å²) < 4.78 is 0. The van der Waals surface area contributed by atoms with E-state index in [1.165, 1.54) is 12.8 Å². The number of hydrogen-bond acceptors (Lipinski definition) is 1. The minimum absolute atomic E-state index is 0.669. The average Bonchev–Trinajstić information content (AvgIpc) is 2.05. The highest BCUT2D eigenvalue weighted by molar-refractivity contribution is 5.07. The first-order valence-corrected chi connectivity index (χ1v) is 5.04. The Kier molecular flexibility index (Phi) is 5.87. The van der Waals surface area contributed by atoms with Crippen molar-refractivity contribution in [3.05, 3.63) is 11.8 Å². The second-order valence-electron chi connectivity index (χ2n) is 3.60. The van der Waals surface area contributed by atoms with E-state index in [2.05, 4.69) is 39.2 Å². The van der Waals surface area contributed by atoms with Crippen molar-refractivity contribution in [2.75, 3.05) is 7.05 Å².